The van der Waals surface area contributed by atoms with E-state index in [2.05, 4.69) is 30.4 Å². The number of guanidine groups is 1. The fourth-order valence-corrected chi connectivity index (χ4v) is 4.39. The van der Waals surface area contributed by atoms with Gasteiger partial charge in [-0.1, -0.05) is 12.1 Å². The summed E-state index contributed by atoms with van der Waals surface area (Å²) in [5.41, 5.74) is 0.838. The van der Waals surface area contributed by atoms with Crippen LogP contribution in [0.15, 0.2) is 34.2 Å². The van der Waals surface area contributed by atoms with Crippen LogP contribution in [-0.4, -0.2) is 62.5 Å². The molecule has 1 aromatic carbocycles. The molecule has 0 saturated heterocycles. The lowest BCUT2D eigenvalue weighted by atomic mass is 10.1. The lowest BCUT2D eigenvalue weighted by molar-refractivity contribution is 0.204. The third-order valence-corrected chi connectivity index (χ3v) is 6.25. The normalized spacial score (nSPS) is 16.9. The van der Waals surface area contributed by atoms with Crippen LogP contribution in [0.1, 0.15) is 23.6 Å². The van der Waals surface area contributed by atoms with Gasteiger partial charge >= 0.3 is 0 Å². The second-order valence-electron chi connectivity index (χ2n) is 7.10. The van der Waals surface area contributed by atoms with Crippen LogP contribution in [0, 0.1) is 6.92 Å². The van der Waals surface area contributed by atoms with Gasteiger partial charge in [-0.3, -0.25) is 4.99 Å². The molecule has 0 spiro atoms. The Kier molecular flexibility index (Phi) is 7.40. The van der Waals surface area contributed by atoms with Crippen molar-refractivity contribution in [1.82, 2.24) is 30.1 Å². The SMILES string of the molecule is CN=C(NCc1cccc(S(=O)(=O)NCCOC)c1)NC1CCc2nc(C)nn2C1. The molecule has 0 amide bonds. The molecule has 0 radical (unpaired) electrons. The van der Waals surface area contributed by atoms with Gasteiger partial charge in [-0.25, -0.2) is 22.8 Å². The molecule has 0 saturated carbocycles. The standard InChI is InChI=1S/C19H29N7O3S/c1-14-23-18-8-7-16(13-26(18)25-14)24-19(20-2)21-12-15-5-4-6-17(11-15)30(27,28)22-9-10-29-3/h4-6,11,16,22H,7-10,12-13H2,1-3H3,(H2,20,21,24). The number of methoxy groups -OCH3 is 1. The second kappa shape index (κ2) is 10.0. The van der Waals surface area contributed by atoms with Crippen LogP contribution in [-0.2, 0) is 34.3 Å². The number of fused-ring (bicyclic) bond motifs is 1. The monoisotopic (exact) mass is 435 g/mol. The van der Waals surface area contributed by atoms with E-state index in [-0.39, 0.29) is 17.5 Å². The number of hydrogen-bond acceptors (Lipinski definition) is 6. The van der Waals surface area contributed by atoms with E-state index in [4.69, 9.17) is 4.74 Å². The molecule has 1 aliphatic heterocycles. The highest BCUT2D eigenvalue weighted by molar-refractivity contribution is 7.89. The van der Waals surface area contributed by atoms with Gasteiger partial charge < -0.3 is 15.4 Å². The maximum absolute atomic E-state index is 12.4. The summed E-state index contributed by atoms with van der Waals surface area (Å²) in [6.45, 7) is 3.63. The van der Waals surface area contributed by atoms with Crippen molar-refractivity contribution in [2.75, 3.05) is 27.3 Å². The predicted octanol–water partition coefficient (Wildman–Crippen LogP) is 0.191. The topological polar surface area (TPSA) is 123 Å². The van der Waals surface area contributed by atoms with Gasteiger partial charge in [0.25, 0.3) is 0 Å². The number of aliphatic imine (C=N–C) groups is 1. The van der Waals surface area contributed by atoms with Crippen molar-refractivity contribution in [2.45, 2.75) is 43.8 Å². The van der Waals surface area contributed by atoms with E-state index in [0.717, 1.165) is 36.6 Å². The minimum Gasteiger partial charge on any atom is -0.383 e. The predicted molar refractivity (Wildman–Crippen MR) is 114 cm³/mol. The Labute approximate surface area is 177 Å². The quantitative estimate of drug-likeness (QED) is 0.307. The van der Waals surface area contributed by atoms with Crippen molar-refractivity contribution in [2.24, 2.45) is 4.99 Å². The van der Waals surface area contributed by atoms with Crippen LogP contribution in [0.4, 0.5) is 0 Å². The van der Waals surface area contributed by atoms with Crippen LogP contribution in [0.3, 0.4) is 0 Å². The van der Waals surface area contributed by atoms with E-state index >= 15 is 0 Å². The minimum absolute atomic E-state index is 0.196. The summed E-state index contributed by atoms with van der Waals surface area (Å²) in [5, 5.41) is 11.1. The third kappa shape index (κ3) is 5.77. The van der Waals surface area contributed by atoms with E-state index in [1.54, 1.807) is 25.2 Å². The molecule has 2 aromatic rings. The molecular formula is C19H29N7O3S. The van der Waals surface area contributed by atoms with Crippen molar-refractivity contribution in [3.63, 3.8) is 0 Å². The fraction of sp³-hybridized carbons (Fsp3) is 0.526. The summed E-state index contributed by atoms with van der Waals surface area (Å²) in [5.74, 6) is 2.47. The van der Waals surface area contributed by atoms with Crippen molar-refractivity contribution in [1.29, 1.82) is 0 Å². The molecule has 0 fully saturated rings. The molecule has 1 atom stereocenters. The summed E-state index contributed by atoms with van der Waals surface area (Å²) in [4.78, 5) is 8.94. The molecule has 164 valence electrons. The van der Waals surface area contributed by atoms with Crippen LogP contribution in [0.5, 0.6) is 0 Å². The summed E-state index contributed by atoms with van der Waals surface area (Å²) in [6, 6.07) is 7.03. The number of sulfonamides is 1. The van der Waals surface area contributed by atoms with Crippen molar-refractivity contribution in [3.8, 4) is 0 Å². The molecule has 0 aliphatic carbocycles. The van der Waals surface area contributed by atoms with Crippen LogP contribution < -0.4 is 15.4 Å². The van der Waals surface area contributed by atoms with Crippen LogP contribution in [0.2, 0.25) is 0 Å². The number of aryl methyl sites for hydroxylation is 2. The molecule has 3 rings (SSSR count). The van der Waals surface area contributed by atoms with Gasteiger partial charge in [0.15, 0.2) is 5.96 Å². The summed E-state index contributed by atoms with van der Waals surface area (Å²) >= 11 is 0. The first-order valence-electron chi connectivity index (χ1n) is 9.86. The molecule has 1 aromatic heterocycles. The Morgan fingerprint density at radius 3 is 3.00 bits per heavy atom. The maximum atomic E-state index is 12.4. The summed E-state index contributed by atoms with van der Waals surface area (Å²) < 4.78 is 34.1. The van der Waals surface area contributed by atoms with Gasteiger partial charge in [0.1, 0.15) is 11.6 Å². The number of benzene rings is 1. The number of aromatic nitrogens is 3. The van der Waals surface area contributed by atoms with Crippen LogP contribution in [0.25, 0.3) is 0 Å². The molecule has 10 nitrogen and oxygen atoms in total. The van der Waals surface area contributed by atoms with Gasteiger partial charge in [-0.05, 0) is 31.0 Å². The fourth-order valence-electron chi connectivity index (χ4n) is 3.31. The Morgan fingerprint density at radius 1 is 1.40 bits per heavy atom. The summed E-state index contributed by atoms with van der Waals surface area (Å²) in [6.07, 6.45) is 1.81. The zero-order chi connectivity index (χ0) is 21.6. The van der Waals surface area contributed by atoms with Gasteiger partial charge in [0, 0.05) is 39.7 Å². The number of rotatable bonds is 8. The second-order valence-corrected chi connectivity index (χ2v) is 8.87. The van der Waals surface area contributed by atoms with E-state index in [9.17, 15) is 8.42 Å². The first kappa shape index (κ1) is 22.2. The molecule has 30 heavy (non-hydrogen) atoms. The Bertz CT molecular complexity index is 988. The lowest BCUT2D eigenvalue weighted by Gasteiger charge is -2.25. The smallest absolute Gasteiger partial charge is 0.240 e. The van der Waals surface area contributed by atoms with Crippen molar-refractivity contribution < 1.29 is 13.2 Å². The minimum atomic E-state index is -3.57. The number of nitrogens with one attached hydrogen (secondary N) is 3. The molecule has 2 heterocycles. The Balaban J connectivity index is 1.56. The van der Waals surface area contributed by atoms with E-state index < -0.39 is 10.0 Å². The molecule has 11 heteroatoms. The molecule has 0 bridgehead atoms. The Hall–Kier alpha value is -2.50. The van der Waals surface area contributed by atoms with Crippen LogP contribution >= 0.6 is 0 Å². The molecule has 1 aliphatic rings. The first-order chi connectivity index (χ1) is 14.4. The first-order valence-corrected chi connectivity index (χ1v) is 11.3. The third-order valence-electron chi connectivity index (χ3n) is 4.80. The van der Waals surface area contributed by atoms with Gasteiger partial charge in [0.05, 0.1) is 18.0 Å². The molecule has 3 N–H and O–H groups in total. The number of nitrogens with zero attached hydrogens (tertiary/aromatic N) is 4. The van der Waals surface area contributed by atoms with Gasteiger partial charge in [-0.2, -0.15) is 5.10 Å². The molecule has 1 unspecified atom stereocenters. The van der Waals surface area contributed by atoms with Gasteiger partial charge in [-0.15, -0.1) is 0 Å². The zero-order valence-electron chi connectivity index (χ0n) is 17.6. The maximum Gasteiger partial charge on any atom is 0.240 e. The highest BCUT2D eigenvalue weighted by Crippen LogP contribution is 2.13. The largest absolute Gasteiger partial charge is 0.383 e. The van der Waals surface area contributed by atoms with E-state index in [0.29, 0.717) is 19.1 Å². The zero-order valence-corrected chi connectivity index (χ0v) is 18.4. The number of ether oxygens (including phenoxy) is 1. The van der Waals surface area contributed by atoms with E-state index in [1.165, 1.54) is 7.11 Å². The van der Waals surface area contributed by atoms with Crippen molar-refractivity contribution in [3.05, 3.63) is 41.5 Å². The van der Waals surface area contributed by atoms with Gasteiger partial charge in [0.2, 0.25) is 10.0 Å². The Morgan fingerprint density at radius 2 is 2.23 bits per heavy atom. The number of hydrogen-bond donors (Lipinski definition) is 3. The molecular weight excluding hydrogens is 406 g/mol. The van der Waals surface area contributed by atoms with E-state index in [1.807, 2.05) is 17.7 Å². The average molecular weight is 436 g/mol. The average Bonchev–Trinajstić information content (AvgIpc) is 3.10. The highest BCUT2D eigenvalue weighted by atomic mass is 32.2. The summed E-state index contributed by atoms with van der Waals surface area (Å²) in [7, 11) is -0.327. The lowest BCUT2D eigenvalue weighted by Crippen LogP contribution is -2.46. The highest BCUT2D eigenvalue weighted by Gasteiger charge is 2.21. The van der Waals surface area contributed by atoms with Crippen molar-refractivity contribution >= 4 is 16.0 Å².